The molecule has 0 saturated heterocycles. The molecule has 2 aliphatic rings. The van der Waals surface area contributed by atoms with Crippen molar-refractivity contribution >= 4 is 0 Å². The van der Waals surface area contributed by atoms with Crippen molar-refractivity contribution in [2.24, 2.45) is 11.1 Å². The molecule has 2 heteroatoms. The summed E-state index contributed by atoms with van der Waals surface area (Å²) in [5, 5.41) is 0. The first-order valence-corrected chi connectivity index (χ1v) is 6.02. The predicted octanol–water partition coefficient (Wildman–Crippen LogP) is 2.34. The summed E-state index contributed by atoms with van der Waals surface area (Å²) in [5.74, 6) is 0. The minimum atomic E-state index is -0.0969. The van der Waals surface area contributed by atoms with Gasteiger partial charge in [-0.1, -0.05) is 32.0 Å². The molecule has 16 heavy (non-hydrogen) atoms. The third-order valence-corrected chi connectivity index (χ3v) is 4.30. The second kappa shape index (κ2) is 3.08. The van der Waals surface area contributed by atoms with Crippen molar-refractivity contribution < 1.29 is 4.74 Å². The molecule has 0 bridgehead atoms. The molecule has 0 aromatic heterocycles. The van der Waals surface area contributed by atoms with Crippen LogP contribution in [0.25, 0.3) is 0 Å². The Kier molecular flexibility index (Phi) is 1.99. The molecule has 86 valence electrons. The molecule has 0 spiro atoms. The molecule has 1 aromatic carbocycles. The van der Waals surface area contributed by atoms with Gasteiger partial charge in [0.1, 0.15) is 0 Å². The van der Waals surface area contributed by atoms with Crippen molar-refractivity contribution in [1.29, 1.82) is 0 Å². The molecular formula is C14H19NO. The van der Waals surface area contributed by atoms with Crippen LogP contribution in [-0.2, 0) is 23.3 Å². The lowest BCUT2D eigenvalue weighted by Gasteiger charge is -2.21. The minimum absolute atomic E-state index is 0.0969. The average molecular weight is 217 g/mol. The zero-order valence-corrected chi connectivity index (χ0v) is 10.0. The van der Waals surface area contributed by atoms with E-state index in [2.05, 4.69) is 32.0 Å². The van der Waals surface area contributed by atoms with Gasteiger partial charge in [-0.25, -0.2) is 0 Å². The summed E-state index contributed by atoms with van der Waals surface area (Å²) >= 11 is 0. The van der Waals surface area contributed by atoms with Crippen LogP contribution in [0.2, 0.25) is 0 Å². The van der Waals surface area contributed by atoms with Crippen LogP contribution in [0, 0.1) is 5.41 Å². The Morgan fingerprint density at radius 2 is 2.00 bits per heavy atom. The average Bonchev–Trinajstić information content (AvgIpc) is 2.79. The molecule has 1 fully saturated rings. The monoisotopic (exact) mass is 217 g/mol. The molecule has 0 radical (unpaired) electrons. The Morgan fingerprint density at radius 3 is 2.69 bits per heavy atom. The van der Waals surface area contributed by atoms with Crippen LogP contribution >= 0.6 is 0 Å². The van der Waals surface area contributed by atoms with Gasteiger partial charge in [-0.05, 0) is 34.9 Å². The molecule has 0 amide bonds. The summed E-state index contributed by atoms with van der Waals surface area (Å²) in [7, 11) is 0. The maximum atomic E-state index is 6.45. The first-order chi connectivity index (χ1) is 7.53. The van der Waals surface area contributed by atoms with Crippen molar-refractivity contribution in [2.45, 2.75) is 38.8 Å². The van der Waals surface area contributed by atoms with Crippen LogP contribution < -0.4 is 5.73 Å². The quantitative estimate of drug-likeness (QED) is 0.783. The molecule has 1 saturated carbocycles. The van der Waals surface area contributed by atoms with Crippen LogP contribution in [0.15, 0.2) is 18.2 Å². The Labute approximate surface area is 96.8 Å². The number of hydrogen-bond acceptors (Lipinski definition) is 2. The highest BCUT2D eigenvalue weighted by Gasteiger charge is 2.59. The normalized spacial score (nSPS) is 30.9. The first-order valence-electron chi connectivity index (χ1n) is 6.02. The van der Waals surface area contributed by atoms with Crippen LogP contribution in [-0.4, -0.2) is 6.61 Å². The predicted molar refractivity (Wildman–Crippen MR) is 64.1 cm³/mol. The van der Waals surface area contributed by atoms with Crippen molar-refractivity contribution in [2.75, 3.05) is 6.61 Å². The molecule has 2 nitrogen and oxygen atoms in total. The lowest BCUT2D eigenvalue weighted by atomic mass is 9.92. The fraction of sp³-hybridized carbons (Fsp3) is 0.571. The second-order valence-corrected chi connectivity index (χ2v) is 5.82. The molecule has 3 rings (SSSR count). The van der Waals surface area contributed by atoms with E-state index >= 15 is 0 Å². The standard InChI is InChI=1S/C14H19NO/c1-13(2)9-14(13,15)12-4-3-11-8-16-6-5-10(11)7-12/h3-4,7H,5-6,8-9,15H2,1-2H3. The smallest absolute Gasteiger partial charge is 0.0719 e. The van der Waals surface area contributed by atoms with Gasteiger partial charge in [0.15, 0.2) is 0 Å². The van der Waals surface area contributed by atoms with E-state index in [9.17, 15) is 0 Å². The molecule has 1 aliphatic heterocycles. The van der Waals surface area contributed by atoms with Gasteiger partial charge >= 0.3 is 0 Å². The van der Waals surface area contributed by atoms with E-state index in [1.54, 1.807) is 0 Å². The lowest BCUT2D eigenvalue weighted by Crippen LogP contribution is -2.26. The van der Waals surface area contributed by atoms with Gasteiger partial charge in [0, 0.05) is 5.54 Å². The highest BCUT2D eigenvalue weighted by Crippen LogP contribution is 2.60. The van der Waals surface area contributed by atoms with E-state index in [4.69, 9.17) is 10.5 Å². The molecular weight excluding hydrogens is 198 g/mol. The van der Waals surface area contributed by atoms with Crippen LogP contribution in [0.3, 0.4) is 0 Å². The van der Waals surface area contributed by atoms with Crippen LogP contribution in [0.1, 0.15) is 37.0 Å². The maximum Gasteiger partial charge on any atom is 0.0719 e. The Bertz CT molecular complexity index is 438. The van der Waals surface area contributed by atoms with Gasteiger partial charge in [0.05, 0.1) is 13.2 Å². The van der Waals surface area contributed by atoms with E-state index in [0.717, 1.165) is 26.1 Å². The number of ether oxygens (including phenoxy) is 1. The van der Waals surface area contributed by atoms with Crippen molar-refractivity contribution in [3.05, 3.63) is 34.9 Å². The van der Waals surface area contributed by atoms with Crippen molar-refractivity contribution in [3.63, 3.8) is 0 Å². The Balaban J connectivity index is 1.99. The summed E-state index contributed by atoms with van der Waals surface area (Å²) in [4.78, 5) is 0. The molecule has 2 N–H and O–H groups in total. The molecule has 1 aliphatic carbocycles. The summed E-state index contributed by atoms with van der Waals surface area (Å²) in [6, 6.07) is 6.67. The zero-order chi connectivity index (χ0) is 11.4. The fourth-order valence-corrected chi connectivity index (χ4v) is 2.79. The van der Waals surface area contributed by atoms with E-state index in [1.165, 1.54) is 16.7 Å². The fourth-order valence-electron chi connectivity index (χ4n) is 2.79. The molecule has 1 atom stereocenters. The number of rotatable bonds is 1. The van der Waals surface area contributed by atoms with Gasteiger partial charge in [-0.2, -0.15) is 0 Å². The van der Waals surface area contributed by atoms with Crippen molar-refractivity contribution in [3.8, 4) is 0 Å². The number of nitrogens with two attached hydrogens (primary N) is 1. The SMILES string of the molecule is CC1(C)CC1(N)c1ccc2c(c1)CCOC2. The minimum Gasteiger partial charge on any atom is -0.376 e. The van der Waals surface area contributed by atoms with Crippen LogP contribution in [0.4, 0.5) is 0 Å². The third kappa shape index (κ3) is 1.33. The number of benzene rings is 1. The second-order valence-electron chi connectivity index (χ2n) is 5.82. The van der Waals surface area contributed by atoms with Crippen molar-refractivity contribution in [1.82, 2.24) is 0 Å². The highest BCUT2D eigenvalue weighted by atomic mass is 16.5. The molecule has 1 aromatic rings. The van der Waals surface area contributed by atoms with Gasteiger partial charge in [0.2, 0.25) is 0 Å². The highest BCUT2D eigenvalue weighted by molar-refractivity contribution is 5.41. The largest absolute Gasteiger partial charge is 0.376 e. The zero-order valence-electron chi connectivity index (χ0n) is 10.0. The molecule has 1 unspecified atom stereocenters. The summed E-state index contributed by atoms with van der Waals surface area (Å²) in [6.07, 6.45) is 2.12. The first kappa shape index (κ1) is 10.3. The van der Waals surface area contributed by atoms with E-state index < -0.39 is 0 Å². The van der Waals surface area contributed by atoms with Gasteiger partial charge < -0.3 is 10.5 Å². The molecule has 1 heterocycles. The van der Waals surface area contributed by atoms with E-state index in [0.29, 0.717) is 0 Å². The van der Waals surface area contributed by atoms with Gasteiger partial charge in [-0.15, -0.1) is 0 Å². The van der Waals surface area contributed by atoms with Gasteiger partial charge in [-0.3, -0.25) is 0 Å². The number of fused-ring (bicyclic) bond motifs is 1. The number of hydrogen-bond donors (Lipinski definition) is 1. The van der Waals surface area contributed by atoms with Crippen LogP contribution in [0.5, 0.6) is 0 Å². The summed E-state index contributed by atoms with van der Waals surface area (Å²) in [5.41, 5.74) is 10.7. The lowest BCUT2D eigenvalue weighted by molar-refractivity contribution is 0.110. The summed E-state index contributed by atoms with van der Waals surface area (Å²) in [6.45, 7) is 6.10. The summed E-state index contributed by atoms with van der Waals surface area (Å²) < 4.78 is 5.45. The van der Waals surface area contributed by atoms with E-state index in [-0.39, 0.29) is 11.0 Å². The third-order valence-electron chi connectivity index (χ3n) is 4.30. The topological polar surface area (TPSA) is 35.2 Å². The Morgan fingerprint density at radius 1 is 1.25 bits per heavy atom. The van der Waals surface area contributed by atoms with Gasteiger partial charge in [0.25, 0.3) is 0 Å². The van der Waals surface area contributed by atoms with E-state index in [1.807, 2.05) is 0 Å². The maximum absolute atomic E-state index is 6.45. The Hall–Kier alpha value is -0.860.